The van der Waals surface area contributed by atoms with Crippen LogP contribution in [-0.2, 0) is 0 Å². The van der Waals surface area contributed by atoms with Crippen molar-refractivity contribution >= 4 is 71.6 Å². The van der Waals surface area contributed by atoms with Crippen LogP contribution in [0, 0.1) is 0 Å². The Morgan fingerprint density at radius 3 is 1.52 bits per heavy atom. The van der Waals surface area contributed by atoms with Gasteiger partial charge in [0, 0.05) is 39.3 Å². The van der Waals surface area contributed by atoms with Crippen molar-refractivity contribution in [3.8, 4) is 22.3 Å². The van der Waals surface area contributed by atoms with Crippen molar-refractivity contribution in [2.45, 2.75) is 0 Å². The summed E-state index contributed by atoms with van der Waals surface area (Å²) < 4.78 is 6.42. The van der Waals surface area contributed by atoms with Gasteiger partial charge in [-0.15, -0.1) is 0 Å². The van der Waals surface area contributed by atoms with Crippen molar-refractivity contribution in [3.05, 3.63) is 182 Å². The second-order valence-corrected chi connectivity index (χ2v) is 12.8. The third kappa shape index (κ3) is 4.71. The molecule has 3 heteroatoms. The lowest BCUT2D eigenvalue weighted by atomic mass is 9.97. The minimum absolute atomic E-state index is 0.654. The van der Waals surface area contributed by atoms with Crippen LogP contribution in [0.5, 0.6) is 0 Å². The van der Waals surface area contributed by atoms with Gasteiger partial charge in [-0.2, -0.15) is 0 Å². The molecular formula is C47H30N2O. The summed E-state index contributed by atoms with van der Waals surface area (Å²) in [6.07, 6.45) is 0. The molecule has 0 aliphatic carbocycles. The smallest absolute Gasteiger partial charge is 0.227 e. The van der Waals surface area contributed by atoms with Gasteiger partial charge in [-0.3, -0.25) is 0 Å². The minimum atomic E-state index is 0.654. The normalized spacial score (nSPS) is 11.6. The highest BCUT2D eigenvalue weighted by molar-refractivity contribution is 6.08. The molecule has 10 rings (SSSR count). The first-order valence-electron chi connectivity index (χ1n) is 17.0. The number of furan rings is 1. The predicted octanol–water partition coefficient (Wildman–Crippen LogP) is 13.2. The molecule has 0 N–H and O–H groups in total. The van der Waals surface area contributed by atoms with E-state index in [1.807, 2.05) is 18.2 Å². The molecule has 0 fully saturated rings. The molecule has 0 aliphatic rings. The first-order chi connectivity index (χ1) is 24.8. The van der Waals surface area contributed by atoms with Crippen LogP contribution in [0.3, 0.4) is 0 Å². The van der Waals surface area contributed by atoms with E-state index >= 15 is 0 Å². The Bertz CT molecular complexity index is 2730. The zero-order chi connectivity index (χ0) is 33.0. The van der Waals surface area contributed by atoms with E-state index in [0.29, 0.717) is 5.71 Å². The predicted molar refractivity (Wildman–Crippen MR) is 210 cm³/mol. The SMILES string of the molecule is c1ccc2nc3oc4cc(N(c5ccc(-c6cccc7ccccc67)cc5)c5ccc(-c6cccc7ccccc67)cc5)ccc4c3cc2c1. The lowest BCUT2D eigenvalue weighted by molar-refractivity contribution is 0.656. The van der Waals surface area contributed by atoms with Gasteiger partial charge in [0.25, 0.3) is 0 Å². The minimum Gasteiger partial charge on any atom is -0.438 e. The summed E-state index contributed by atoms with van der Waals surface area (Å²) in [6.45, 7) is 0. The van der Waals surface area contributed by atoms with Crippen molar-refractivity contribution in [2.24, 2.45) is 0 Å². The van der Waals surface area contributed by atoms with E-state index in [4.69, 9.17) is 9.40 Å². The molecule has 8 aromatic carbocycles. The molecule has 0 amide bonds. The van der Waals surface area contributed by atoms with Gasteiger partial charge in [-0.1, -0.05) is 127 Å². The summed E-state index contributed by atoms with van der Waals surface area (Å²) in [5.74, 6) is 0. The molecule has 234 valence electrons. The number of fused-ring (bicyclic) bond motifs is 6. The van der Waals surface area contributed by atoms with Crippen molar-refractivity contribution in [1.29, 1.82) is 0 Å². The maximum atomic E-state index is 6.42. The number of hydrogen-bond donors (Lipinski definition) is 0. The van der Waals surface area contributed by atoms with Crippen LogP contribution >= 0.6 is 0 Å². The number of rotatable bonds is 5. The summed E-state index contributed by atoms with van der Waals surface area (Å²) in [6, 6.07) is 64.8. The molecule has 0 spiro atoms. The zero-order valence-electron chi connectivity index (χ0n) is 27.1. The lowest BCUT2D eigenvalue weighted by Gasteiger charge is -2.26. The molecule has 2 heterocycles. The van der Waals surface area contributed by atoms with Crippen molar-refractivity contribution in [1.82, 2.24) is 4.98 Å². The fourth-order valence-electron chi connectivity index (χ4n) is 7.41. The quantitative estimate of drug-likeness (QED) is 0.188. The topological polar surface area (TPSA) is 29.3 Å². The molecule has 0 atom stereocenters. The van der Waals surface area contributed by atoms with Crippen LogP contribution in [0.25, 0.3) is 76.8 Å². The Morgan fingerprint density at radius 2 is 0.900 bits per heavy atom. The highest BCUT2D eigenvalue weighted by Gasteiger charge is 2.17. The monoisotopic (exact) mass is 638 g/mol. The van der Waals surface area contributed by atoms with Gasteiger partial charge in [0.2, 0.25) is 5.71 Å². The van der Waals surface area contributed by atoms with E-state index in [1.54, 1.807) is 0 Å². The van der Waals surface area contributed by atoms with Crippen LogP contribution < -0.4 is 4.90 Å². The van der Waals surface area contributed by atoms with E-state index in [9.17, 15) is 0 Å². The van der Waals surface area contributed by atoms with Crippen LogP contribution in [0.2, 0.25) is 0 Å². The molecule has 3 nitrogen and oxygen atoms in total. The van der Waals surface area contributed by atoms with Crippen LogP contribution in [0.1, 0.15) is 0 Å². The molecule has 0 bridgehead atoms. The first-order valence-corrected chi connectivity index (χ1v) is 17.0. The van der Waals surface area contributed by atoms with Gasteiger partial charge in [0.05, 0.1) is 5.52 Å². The molecule has 0 saturated heterocycles. The van der Waals surface area contributed by atoms with Crippen molar-refractivity contribution in [3.63, 3.8) is 0 Å². The van der Waals surface area contributed by atoms with E-state index in [0.717, 1.165) is 44.3 Å². The Labute approximate surface area is 289 Å². The van der Waals surface area contributed by atoms with Gasteiger partial charge in [-0.25, -0.2) is 4.98 Å². The molecule has 0 radical (unpaired) electrons. The summed E-state index contributed by atoms with van der Waals surface area (Å²) in [5, 5.41) is 8.16. The summed E-state index contributed by atoms with van der Waals surface area (Å²) in [7, 11) is 0. The molecule has 50 heavy (non-hydrogen) atoms. The van der Waals surface area contributed by atoms with E-state index in [2.05, 4.69) is 169 Å². The van der Waals surface area contributed by atoms with Crippen molar-refractivity contribution in [2.75, 3.05) is 4.90 Å². The Kier molecular flexibility index (Phi) is 6.49. The zero-order valence-corrected chi connectivity index (χ0v) is 27.1. The number of anilines is 3. The number of nitrogens with zero attached hydrogens (tertiary/aromatic N) is 2. The van der Waals surface area contributed by atoms with Crippen LogP contribution in [0.15, 0.2) is 186 Å². The van der Waals surface area contributed by atoms with Crippen LogP contribution in [-0.4, -0.2) is 4.98 Å². The Morgan fingerprint density at radius 1 is 0.380 bits per heavy atom. The number of pyridine rings is 1. The highest BCUT2D eigenvalue weighted by Crippen LogP contribution is 2.41. The highest BCUT2D eigenvalue weighted by atomic mass is 16.3. The number of hydrogen-bond acceptors (Lipinski definition) is 3. The van der Waals surface area contributed by atoms with E-state index in [-0.39, 0.29) is 0 Å². The second-order valence-electron chi connectivity index (χ2n) is 12.8. The molecule has 0 aliphatic heterocycles. The molecular weight excluding hydrogens is 609 g/mol. The van der Waals surface area contributed by atoms with Crippen molar-refractivity contribution < 1.29 is 4.42 Å². The van der Waals surface area contributed by atoms with Gasteiger partial charge in [-0.05, 0) is 92.3 Å². The maximum absolute atomic E-state index is 6.42. The molecule has 0 saturated carbocycles. The van der Waals surface area contributed by atoms with E-state index < -0.39 is 0 Å². The first kappa shape index (κ1) is 28.3. The third-order valence-electron chi connectivity index (χ3n) is 9.86. The number of benzene rings is 8. The molecule has 0 unspecified atom stereocenters. The fourth-order valence-corrected chi connectivity index (χ4v) is 7.41. The molecule has 10 aromatic rings. The average molecular weight is 639 g/mol. The van der Waals surface area contributed by atoms with Gasteiger partial charge < -0.3 is 9.32 Å². The lowest BCUT2D eigenvalue weighted by Crippen LogP contribution is -2.09. The molecule has 2 aromatic heterocycles. The summed E-state index contributed by atoms with van der Waals surface area (Å²) >= 11 is 0. The largest absolute Gasteiger partial charge is 0.438 e. The fraction of sp³-hybridized carbons (Fsp3) is 0. The summed E-state index contributed by atoms with van der Waals surface area (Å²) in [4.78, 5) is 7.15. The van der Waals surface area contributed by atoms with Gasteiger partial charge >= 0.3 is 0 Å². The van der Waals surface area contributed by atoms with Gasteiger partial charge in [0.1, 0.15) is 5.58 Å². The van der Waals surface area contributed by atoms with E-state index in [1.165, 1.54) is 43.8 Å². The standard InChI is InChI=1S/C47H30N2O/c1-4-14-39-31(9-1)12-7-16-41(39)33-19-23-36(24-20-33)49(37-25-21-34(22-26-37)42-17-8-13-32-10-2-5-15-40(32)42)38-27-28-43-44-29-35-11-3-6-18-45(35)48-47(44)50-46(43)30-38/h1-30H. The average Bonchev–Trinajstić information content (AvgIpc) is 3.54. The van der Waals surface area contributed by atoms with Gasteiger partial charge in [0.15, 0.2) is 0 Å². The second kappa shape index (κ2) is 11.5. The van der Waals surface area contributed by atoms with Crippen LogP contribution in [0.4, 0.5) is 17.1 Å². The summed E-state index contributed by atoms with van der Waals surface area (Å²) in [5.41, 5.74) is 10.3. The number of para-hydroxylation sites is 1. The number of aromatic nitrogens is 1. The Hall–Kier alpha value is -6.71. The third-order valence-corrected chi connectivity index (χ3v) is 9.86. The Balaban J connectivity index is 1.10. The maximum Gasteiger partial charge on any atom is 0.227 e.